The number of hydrogen-bond acceptors (Lipinski definition) is 3. The summed E-state index contributed by atoms with van der Waals surface area (Å²) in [5.41, 5.74) is 2.46. The first-order valence-electron chi connectivity index (χ1n) is 8.63. The smallest absolute Gasteiger partial charge is 0.311 e. The van der Waals surface area contributed by atoms with Crippen molar-refractivity contribution in [3.05, 3.63) is 35.4 Å². The van der Waals surface area contributed by atoms with Crippen LogP contribution in [-0.2, 0) is 9.53 Å². The van der Waals surface area contributed by atoms with Gasteiger partial charge in [0, 0.05) is 24.4 Å². The number of ether oxygens (including phenoxy) is 1. The molecule has 4 atom stereocenters. The minimum absolute atomic E-state index is 0.138. The van der Waals surface area contributed by atoms with Crippen LogP contribution in [-0.4, -0.2) is 43.3 Å². The Morgan fingerprint density at radius 2 is 2.04 bits per heavy atom. The number of carbonyl (C=O) groups excluding carboxylic acids is 1. The average Bonchev–Trinajstić information content (AvgIpc) is 2.78. The first-order valence-corrected chi connectivity index (χ1v) is 8.63. The van der Waals surface area contributed by atoms with Gasteiger partial charge in [0.1, 0.15) is 0 Å². The highest BCUT2D eigenvalue weighted by Crippen LogP contribution is 2.46. The number of nitrogens with zero attached hydrogens (tertiary/aromatic N) is 1. The number of hydrogen-bond donors (Lipinski definition) is 0. The van der Waals surface area contributed by atoms with Gasteiger partial charge in [0.25, 0.3) is 0 Å². The number of fused-ring (bicyclic) bond motifs is 2. The van der Waals surface area contributed by atoms with E-state index < -0.39 is 6.67 Å². The van der Waals surface area contributed by atoms with Crippen molar-refractivity contribution in [2.24, 2.45) is 5.92 Å². The van der Waals surface area contributed by atoms with E-state index in [4.69, 9.17) is 4.74 Å². The van der Waals surface area contributed by atoms with Gasteiger partial charge in [0.15, 0.2) is 0 Å². The maximum Gasteiger partial charge on any atom is 0.311 e. The molecule has 1 unspecified atom stereocenters. The van der Waals surface area contributed by atoms with E-state index in [1.54, 1.807) is 0 Å². The summed E-state index contributed by atoms with van der Waals surface area (Å²) in [4.78, 5) is 15.0. The molecule has 0 amide bonds. The molecule has 0 saturated carbocycles. The predicted octanol–water partition coefficient (Wildman–Crippen LogP) is 3.46. The quantitative estimate of drug-likeness (QED) is 0.615. The Kier molecular flexibility index (Phi) is 5.00. The maximum atomic E-state index is 12.7. The van der Waals surface area contributed by atoms with Crippen molar-refractivity contribution < 1.29 is 13.9 Å². The summed E-state index contributed by atoms with van der Waals surface area (Å²) in [6, 6.07) is 9.32. The van der Waals surface area contributed by atoms with Crippen molar-refractivity contribution in [2.75, 3.05) is 20.3 Å². The summed E-state index contributed by atoms with van der Waals surface area (Å²) in [7, 11) is 2.12. The zero-order chi connectivity index (χ0) is 16.4. The zero-order valence-electron chi connectivity index (χ0n) is 14.0. The second-order valence-corrected chi connectivity index (χ2v) is 6.95. The summed E-state index contributed by atoms with van der Waals surface area (Å²) >= 11 is 0. The Morgan fingerprint density at radius 3 is 2.74 bits per heavy atom. The van der Waals surface area contributed by atoms with Gasteiger partial charge in [0.2, 0.25) is 0 Å². The van der Waals surface area contributed by atoms with Crippen LogP contribution in [0.3, 0.4) is 0 Å². The summed E-state index contributed by atoms with van der Waals surface area (Å²) in [5.74, 6) is -0.0792. The van der Waals surface area contributed by atoms with Gasteiger partial charge in [-0.1, -0.05) is 29.8 Å². The van der Waals surface area contributed by atoms with Crippen LogP contribution in [0.25, 0.3) is 0 Å². The van der Waals surface area contributed by atoms with E-state index in [0.717, 1.165) is 19.3 Å². The lowest BCUT2D eigenvalue weighted by Gasteiger charge is -2.42. The van der Waals surface area contributed by atoms with Crippen LogP contribution in [0.15, 0.2) is 24.3 Å². The molecule has 0 aliphatic carbocycles. The lowest BCUT2D eigenvalue weighted by atomic mass is 9.76. The lowest BCUT2D eigenvalue weighted by molar-refractivity contribution is -0.153. The van der Waals surface area contributed by atoms with Gasteiger partial charge in [-0.25, -0.2) is 0 Å². The highest BCUT2D eigenvalue weighted by molar-refractivity contribution is 5.75. The molecule has 2 fully saturated rings. The fraction of sp³-hybridized carbons (Fsp3) is 0.632. The molecular formula is C19H26FNO2. The number of rotatable bonds is 5. The molecule has 2 aliphatic rings. The molecule has 0 radical (unpaired) electrons. The molecule has 3 nitrogen and oxygen atoms in total. The molecular weight excluding hydrogens is 293 g/mol. The van der Waals surface area contributed by atoms with Gasteiger partial charge in [-0.2, -0.15) is 0 Å². The van der Waals surface area contributed by atoms with Crippen LogP contribution in [0, 0.1) is 12.8 Å². The molecule has 4 heteroatoms. The van der Waals surface area contributed by atoms with Crippen LogP contribution in [0.2, 0.25) is 0 Å². The van der Waals surface area contributed by atoms with E-state index in [9.17, 15) is 9.18 Å². The molecule has 23 heavy (non-hydrogen) atoms. The maximum absolute atomic E-state index is 12.7. The van der Waals surface area contributed by atoms with E-state index in [1.807, 2.05) is 0 Å². The van der Waals surface area contributed by atoms with Gasteiger partial charge in [0.05, 0.1) is 19.2 Å². The monoisotopic (exact) mass is 319 g/mol. The van der Waals surface area contributed by atoms with Crippen LogP contribution >= 0.6 is 0 Å². The predicted molar refractivity (Wildman–Crippen MR) is 88.2 cm³/mol. The van der Waals surface area contributed by atoms with E-state index in [1.165, 1.54) is 11.1 Å². The van der Waals surface area contributed by atoms with E-state index >= 15 is 0 Å². The first-order chi connectivity index (χ1) is 11.1. The second kappa shape index (κ2) is 7.00. The normalized spacial score (nSPS) is 30.4. The second-order valence-electron chi connectivity index (χ2n) is 6.95. The molecule has 3 rings (SSSR count). The molecule has 2 saturated heterocycles. The Bertz CT molecular complexity index is 545. The number of alkyl halides is 1. The molecule has 1 aromatic carbocycles. The number of halogens is 1. The van der Waals surface area contributed by atoms with Crippen molar-refractivity contribution >= 4 is 5.97 Å². The molecule has 2 aliphatic heterocycles. The minimum Gasteiger partial charge on any atom is -0.465 e. The zero-order valence-corrected chi connectivity index (χ0v) is 14.0. The standard InChI is InChI=1S/C19H26FNO2/c1-13-4-6-14(7-5-13)16-12-15-8-9-17(21(15)2)18(16)19(22)23-11-3-10-20/h4-7,15-18H,3,8-12H2,1-2H3/t15-,16+,17+,18?/m0/s1. The summed E-state index contributed by atoms with van der Waals surface area (Å²) in [6.07, 6.45) is 3.49. The lowest BCUT2D eigenvalue weighted by Crippen LogP contribution is -2.49. The van der Waals surface area contributed by atoms with Crippen LogP contribution in [0.5, 0.6) is 0 Å². The van der Waals surface area contributed by atoms with Crippen molar-refractivity contribution in [2.45, 2.75) is 50.6 Å². The van der Waals surface area contributed by atoms with Crippen molar-refractivity contribution in [3.8, 4) is 0 Å². The largest absolute Gasteiger partial charge is 0.465 e. The summed E-state index contributed by atoms with van der Waals surface area (Å²) in [6.45, 7) is 1.82. The number of aryl methyl sites for hydroxylation is 1. The summed E-state index contributed by atoms with van der Waals surface area (Å²) in [5, 5.41) is 0. The Labute approximate surface area is 137 Å². The minimum atomic E-state index is -0.440. The fourth-order valence-corrected chi connectivity index (χ4v) is 4.27. The average molecular weight is 319 g/mol. The van der Waals surface area contributed by atoms with Crippen LogP contribution in [0.1, 0.15) is 42.7 Å². The highest BCUT2D eigenvalue weighted by atomic mass is 19.1. The van der Waals surface area contributed by atoms with Crippen molar-refractivity contribution in [3.63, 3.8) is 0 Å². The van der Waals surface area contributed by atoms with Gasteiger partial charge in [-0.3, -0.25) is 14.1 Å². The highest BCUT2D eigenvalue weighted by Gasteiger charge is 2.49. The SMILES string of the molecule is Cc1ccc([C@H]2C[C@@H]3CC[C@H](C2C(=O)OCCCF)N3C)cc1. The Morgan fingerprint density at radius 1 is 1.30 bits per heavy atom. The number of benzene rings is 1. The number of piperidine rings is 1. The van der Waals surface area contributed by atoms with Gasteiger partial charge in [-0.15, -0.1) is 0 Å². The van der Waals surface area contributed by atoms with E-state index in [0.29, 0.717) is 6.04 Å². The van der Waals surface area contributed by atoms with E-state index in [-0.39, 0.29) is 36.9 Å². The molecule has 0 spiro atoms. The molecule has 2 bridgehead atoms. The Balaban J connectivity index is 1.83. The van der Waals surface area contributed by atoms with Crippen molar-refractivity contribution in [1.29, 1.82) is 0 Å². The molecule has 0 aromatic heterocycles. The van der Waals surface area contributed by atoms with Gasteiger partial charge in [-0.05, 0) is 38.8 Å². The number of carbonyl (C=O) groups is 1. The van der Waals surface area contributed by atoms with Gasteiger partial charge < -0.3 is 4.74 Å². The third-order valence-corrected chi connectivity index (χ3v) is 5.57. The third-order valence-electron chi connectivity index (χ3n) is 5.57. The van der Waals surface area contributed by atoms with Crippen LogP contribution in [0.4, 0.5) is 4.39 Å². The topological polar surface area (TPSA) is 29.5 Å². The number of esters is 1. The third kappa shape index (κ3) is 3.27. The van der Waals surface area contributed by atoms with E-state index in [2.05, 4.69) is 43.1 Å². The van der Waals surface area contributed by atoms with Crippen LogP contribution < -0.4 is 0 Å². The first kappa shape index (κ1) is 16.4. The molecule has 2 heterocycles. The molecule has 126 valence electrons. The Hall–Kier alpha value is -1.42. The van der Waals surface area contributed by atoms with Crippen molar-refractivity contribution in [1.82, 2.24) is 4.90 Å². The van der Waals surface area contributed by atoms with Gasteiger partial charge >= 0.3 is 5.97 Å². The molecule has 1 aromatic rings. The fourth-order valence-electron chi connectivity index (χ4n) is 4.27. The summed E-state index contributed by atoms with van der Waals surface area (Å²) < 4.78 is 17.7. The molecule has 0 N–H and O–H groups in total.